The summed E-state index contributed by atoms with van der Waals surface area (Å²) < 4.78 is 5.62. The Balaban J connectivity index is 1.35. The first kappa shape index (κ1) is 15.1. The second-order valence-electron chi connectivity index (χ2n) is 6.34. The molecule has 3 aromatic rings. The van der Waals surface area contributed by atoms with Crippen molar-refractivity contribution in [3.8, 4) is 11.5 Å². The Bertz CT molecular complexity index is 787. The smallest absolute Gasteiger partial charge is 0.226 e. The van der Waals surface area contributed by atoms with Crippen LogP contribution in [-0.4, -0.2) is 38.2 Å². The van der Waals surface area contributed by atoms with Gasteiger partial charge in [-0.25, -0.2) is 9.97 Å². The van der Waals surface area contributed by atoms with Crippen LogP contribution in [0.15, 0.2) is 41.0 Å². The summed E-state index contributed by atoms with van der Waals surface area (Å²) in [5.74, 6) is 3.00. The average molecular weight is 323 g/mol. The molecule has 0 unspecified atom stereocenters. The molecule has 0 aliphatic carbocycles. The van der Waals surface area contributed by atoms with Crippen molar-refractivity contribution in [3.63, 3.8) is 0 Å². The summed E-state index contributed by atoms with van der Waals surface area (Å²) in [6.07, 6.45) is 3.94. The van der Waals surface area contributed by atoms with Crippen LogP contribution < -0.4 is 0 Å². The zero-order valence-electron chi connectivity index (χ0n) is 13.8. The van der Waals surface area contributed by atoms with E-state index in [1.54, 1.807) is 6.26 Å². The largest absolute Gasteiger partial charge is 0.444 e. The maximum Gasteiger partial charge on any atom is 0.226 e. The Morgan fingerprint density at radius 1 is 1.17 bits per heavy atom. The molecule has 6 heteroatoms. The summed E-state index contributed by atoms with van der Waals surface area (Å²) in [7, 11) is 0. The van der Waals surface area contributed by atoms with Crippen LogP contribution in [0.4, 0.5) is 0 Å². The third-order valence-electron chi connectivity index (χ3n) is 4.53. The normalized spacial score (nSPS) is 16.5. The fraction of sp³-hybridized carbons (Fsp3) is 0.389. The standard InChI is InChI=1S/C18H21N5O/c1-13-19-17(22-21-13)14-7-9-23(10-8-14)11-16-12-24-18(20-16)15-5-3-2-4-6-15/h2-6,12,14H,7-11H2,1H3,(H,19,21,22). The van der Waals surface area contributed by atoms with Crippen molar-refractivity contribution in [2.24, 2.45) is 0 Å². The van der Waals surface area contributed by atoms with Crippen LogP contribution >= 0.6 is 0 Å². The third kappa shape index (κ3) is 3.23. The van der Waals surface area contributed by atoms with Gasteiger partial charge in [0.2, 0.25) is 5.89 Å². The van der Waals surface area contributed by atoms with E-state index in [9.17, 15) is 0 Å². The molecule has 2 aromatic heterocycles. The number of nitrogens with zero attached hydrogens (tertiary/aromatic N) is 4. The van der Waals surface area contributed by atoms with Crippen LogP contribution in [0.25, 0.3) is 11.5 Å². The number of benzene rings is 1. The lowest BCUT2D eigenvalue weighted by molar-refractivity contribution is 0.199. The molecule has 0 saturated carbocycles. The average Bonchev–Trinajstić information content (AvgIpc) is 3.26. The quantitative estimate of drug-likeness (QED) is 0.798. The number of aryl methyl sites for hydroxylation is 1. The SMILES string of the molecule is Cc1nc(C2CCN(Cc3coc(-c4ccccc4)n3)CC2)n[nH]1. The molecule has 4 rings (SSSR count). The fourth-order valence-electron chi connectivity index (χ4n) is 3.21. The highest BCUT2D eigenvalue weighted by atomic mass is 16.3. The van der Waals surface area contributed by atoms with Crippen molar-refractivity contribution in [1.29, 1.82) is 0 Å². The topological polar surface area (TPSA) is 70.8 Å². The Labute approximate surface area is 140 Å². The molecule has 0 radical (unpaired) electrons. The maximum atomic E-state index is 5.62. The van der Waals surface area contributed by atoms with Crippen LogP contribution in [0.5, 0.6) is 0 Å². The Kier molecular flexibility index (Phi) is 4.13. The van der Waals surface area contributed by atoms with E-state index >= 15 is 0 Å². The highest BCUT2D eigenvalue weighted by Gasteiger charge is 2.24. The molecule has 3 heterocycles. The van der Waals surface area contributed by atoms with E-state index in [1.807, 2.05) is 37.3 Å². The van der Waals surface area contributed by atoms with E-state index in [0.717, 1.165) is 55.4 Å². The van der Waals surface area contributed by atoms with Gasteiger partial charge in [0.15, 0.2) is 5.82 Å². The Hall–Kier alpha value is -2.47. The van der Waals surface area contributed by atoms with Gasteiger partial charge in [0.05, 0.1) is 5.69 Å². The molecule has 24 heavy (non-hydrogen) atoms. The first-order valence-electron chi connectivity index (χ1n) is 8.39. The minimum absolute atomic E-state index is 0.461. The third-order valence-corrected chi connectivity index (χ3v) is 4.53. The number of oxazole rings is 1. The van der Waals surface area contributed by atoms with Gasteiger partial charge in [-0.2, -0.15) is 5.10 Å². The summed E-state index contributed by atoms with van der Waals surface area (Å²) in [6.45, 7) is 4.84. The molecule has 1 fully saturated rings. The predicted molar refractivity (Wildman–Crippen MR) is 90.3 cm³/mol. The number of hydrogen-bond acceptors (Lipinski definition) is 5. The molecule has 1 aromatic carbocycles. The molecule has 6 nitrogen and oxygen atoms in total. The van der Waals surface area contributed by atoms with Crippen molar-refractivity contribution < 1.29 is 4.42 Å². The van der Waals surface area contributed by atoms with E-state index in [1.165, 1.54) is 0 Å². The van der Waals surface area contributed by atoms with Gasteiger partial charge in [0.1, 0.15) is 12.1 Å². The molecule has 0 atom stereocenters. The molecule has 0 amide bonds. The van der Waals surface area contributed by atoms with Crippen LogP contribution in [0, 0.1) is 6.92 Å². The molecule has 1 N–H and O–H groups in total. The minimum atomic E-state index is 0.461. The molecular weight excluding hydrogens is 302 g/mol. The maximum absolute atomic E-state index is 5.62. The summed E-state index contributed by atoms with van der Waals surface area (Å²) in [5, 5.41) is 7.24. The number of H-pyrrole nitrogens is 1. The minimum Gasteiger partial charge on any atom is -0.444 e. The number of rotatable bonds is 4. The van der Waals surface area contributed by atoms with Crippen LogP contribution in [-0.2, 0) is 6.54 Å². The van der Waals surface area contributed by atoms with Gasteiger partial charge in [-0.05, 0) is 45.0 Å². The van der Waals surface area contributed by atoms with Crippen molar-refractivity contribution in [1.82, 2.24) is 25.1 Å². The number of hydrogen-bond donors (Lipinski definition) is 1. The number of piperidine rings is 1. The van der Waals surface area contributed by atoms with E-state index in [-0.39, 0.29) is 0 Å². The summed E-state index contributed by atoms with van der Waals surface area (Å²) in [5.41, 5.74) is 2.00. The Morgan fingerprint density at radius 2 is 1.96 bits per heavy atom. The number of likely N-dealkylation sites (tertiary alicyclic amines) is 1. The summed E-state index contributed by atoms with van der Waals surface area (Å²) in [6, 6.07) is 10.0. The van der Waals surface area contributed by atoms with Crippen LogP contribution in [0.2, 0.25) is 0 Å². The summed E-state index contributed by atoms with van der Waals surface area (Å²) >= 11 is 0. The zero-order valence-corrected chi connectivity index (χ0v) is 13.8. The highest BCUT2D eigenvalue weighted by Crippen LogP contribution is 2.26. The number of aromatic amines is 1. The second kappa shape index (κ2) is 6.57. The first-order valence-corrected chi connectivity index (χ1v) is 8.39. The van der Waals surface area contributed by atoms with Gasteiger partial charge in [0, 0.05) is 18.0 Å². The van der Waals surface area contributed by atoms with Crippen molar-refractivity contribution in [2.75, 3.05) is 13.1 Å². The number of nitrogens with one attached hydrogen (secondary N) is 1. The predicted octanol–water partition coefficient (Wildman–Crippen LogP) is 3.15. The van der Waals surface area contributed by atoms with E-state index in [0.29, 0.717) is 11.8 Å². The molecular formula is C18H21N5O. The van der Waals surface area contributed by atoms with Gasteiger partial charge >= 0.3 is 0 Å². The molecule has 124 valence electrons. The van der Waals surface area contributed by atoms with Crippen LogP contribution in [0.3, 0.4) is 0 Å². The monoisotopic (exact) mass is 323 g/mol. The van der Waals surface area contributed by atoms with Gasteiger partial charge in [0.25, 0.3) is 0 Å². The lowest BCUT2D eigenvalue weighted by atomic mass is 9.96. The Morgan fingerprint density at radius 3 is 2.67 bits per heavy atom. The zero-order chi connectivity index (χ0) is 16.4. The summed E-state index contributed by atoms with van der Waals surface area (Å²) in [4.78, 5) is 11.5. The molecule has 1 saturated heterocycles. The molecule has 1 aliphatic rings. The fourth-order valence-corrected chi connectivity index (χ4v) is 3.21. The van der Waals surface area contributed by atoms with Crippen LogP contribution in [0.1, 0.15) is 36.1 Å². The first-order chi connectivity index (χ1) is 11.8. The van der Waals surface area contributed by atoms with Gasteiger partial charge in [-0.1, -0.05) is 18.2 Å². The lowest BCUT2D eigenvalue weighted by Crippen LogP contribution is -2.32. The van der Waals surface area contributed by atoms with Gasteiger partial charge < -0.3 is 4.42 Å². The van der Waals surface area contributed by atoms with E-state index < -0.39 is 0 Å². The van der Waals surface area contributed by atoms with Gasteiger partial charge in [-0.15, -0.1) is 0 Å². The molecule has 0 spiro atoms. The highest BCUT2D eigenvalue weighted by molar-refractivity contribution is 5.52. The van der Waals surface area contributed by atoms with Crippen molar-refractivity contribution in [2.45, 2.75) is 32.2 Å². The van der Waals surface area contributed by atoms with E-state index in [4.69, 9.17) is 4.42 Å². The van der Waals surface area contributed by atoms with Crippen molar-refractivity contribution >= 4 is 0 Å². The van der Waals surface area contributed by atoms with Gasteiger partial charge in [-0.3, -0.25) is 10.00 Å². The molecule has 0 bridgehead atoms. The second-order valence-corrected chi connectivity index (χ2v) is 6.34. The van der Waals surface area contributed by atoms with Crippen molar-refractivity contribution in [3.05, 3.63) is 53.9 Å². The van der Waals surface area contributed by atoms with E-state index in [2.05, 4.69) is 25.1 Å². The lowest BCUT2D eigenvalue weighted by Gasteiger charge is -2.29. The number of aromatic nitrogens is 4. The molecule has 1 aliphatic heterocycles.